The first kappa shape index (κ1) is 17.0. The highest BCUT2D eigenvalue weighted by Crippen LogP contribution is 2.23. The van der Waals surface area contributed by atoms with Gasteiger partial charge in [-0.3, -0.25) is 5.32 Å². The average molecular weight is 335 g/mol. The van der Waals surface area contributed by atoms with Crippen LogP contribution < -0.4 is 10.6 Å². The molecule has 0 spiro atoms. The van der Waals surface area contributed by atoms with Gasteiger partial charge in [0, 0.05) is 10.7 Å². The molecule has 1 aromatic heterocycles. The number of nitrogens with one attached hydrogen (secondary N) is 2. The first-order valence-corrected chi connectivity index (χ1v) is 7.48. The van der Waals surface area contributed by atoms with Crippen LogP contribution in [0.15, 0.2) is 30.3 Å². The van der Waals surface area contributed by atoms with Crippen molar-refractivity contribution in [2.45, 2.75) is 33.3 Å². The lowest BCUT2D eigenvalue weighted by Gasteiger charge is -2.19. The highest BCUT2D eigenvalue weighted by atomic mass is 35.5. The maximum Gasteiger partial charge on any atom is 0.413 e. The van der Waals surface area contributed by atoms with Crippen LogP contribution in [0, 0.1) is 6.92 Å². The fourth-order valence-corrected chi connectivity index (χ4v) is 1.91. The molecule has 2 rings (SSSR count). The van der Waals surface area contributed by atoms with Crippen molar-refractivity contribution < 1.29 is 9.53 Å². The van der Waals surface area contributed by atoms with Crippen LogP contribution in [0.2, 0.25) is 5.02 Å². The molecular formula is C16H19ClN4O2. The number of nitrogens with zero attached hydrogens (tertiary/aromatic N) is 2. The maximum atomic E-state index is 11.7. The number of hydrogen-bond acceptors (Lipinski definition) is 5. The molecule has 0 saturated carbocycles. The standard InChI is InChI=1S/C16H19ClN4O2/c1-10-5-6-11(17)9-12(10)18-13-7-8-14(21-20-13)19-15(22)23-16(2,3)4/h5-9H,1-4H3,(H,18,20)(H,19,21,22). The first-order chi connectivity index (χ1) is 10.7. The molecule has 0 aliphatic heterocycles. The summed E-state index contributed by atoms with van der Waals surface area (Å²) < 4.78 is 5.15. The number of benzene rings is 1. The topological polar surface area (TPSA) is 76.1 Å². The largest absolute Gasteiger partial charge is 0.444 e. The van der Waals surface area contributed by atoms with Gasteiger partial charge in [-0.05, 0) is 57.5 Å². The summed E-state index contributed by atoms with van der Waals surface area (Å²) in [7, 11) is 0. The average Bonchev–Trinajstić information content (AvgIpc) is 2.43. The molecule has 1 heterocycles. The Morgan fingerprint density at radius 3 is 2.39 bits per heavy atom. The molecule has 23 heavy (non-hydrogen) atoms. The number of hydrogen-bond donors (Lipinski definition) is 2. The van der Waals surface area contributed by atoms with E-state index in [9.17, 15) is 4.79 Å². The molecule has 1 amide bonds. The van der Waals surface area contributed by atoms with E-state index in [1.165, 1.54) is 0 Å². The molecule has 1 aromatic carbocycles. The van der Waals surface area contributed by atoms with Gasteiger partial charge in [0.05, 0.1) is 0 Å². The van der Waals surface area contributed by atoms with Crippen molar-refractivity contribution in [2.75, 3.05) is 10.6 Å². The summed E-state index contributed by atoms with van der Waals surface area (Å²) in [6.45, 7) is 7.33. The second-order valence-electron chi connectivity index (χ2n) is 6.01. The van der Waals surface area contributed by atoms with Crippen molar-refractivity contribution in [3.8, 4) is 0 Å². The molecule has 0 aliphatic carbocycles. The van der Waals surface area contributed by atoms with Crippen molar-refractivity contribution in [3.63, 3.8) is 0 Å². The van der Waals surface area contributed by atoms with E-state index < -0.39 is 11.7 Å². The summed E-state index contributed by atoms with van der Waals surface area (Å²) in [5, 5.41) is 14.2. The van der Waals surface area contributed by atoms with Crippen LogP contribution in [0.5, 0.6) is 0 Å². The Kier molecular flexibility index (Phi) is 5.05. The molecule has 0 saturated heterocycles. The summed E-state index contributed by atoms with van der Waals surface area (Å²) in [6.07, 6.45) is -0.571. The van der Waals surface area contributed by atoms with Gasteiger partial charge in [0.2, 0.25) is 0 Å². The van der Waals surface area contributed by atoms with Crippen LogP contribution in [0.1, 0.15) is 26.3 Å². The van der Waals surface area contributed by atoms with E-state index in [0.717, 1.165) is 11.3 Å². The van der Waals surface area contributed by atoms with E-state index >= 15 is 0 Å². The van der Waals surface area contributed by atoms with Crippen LogP contribution in [0.4, 0.5) is 22.1 Å². The minimum atomic E-state index is -0.571. The molecule has 7 heteroatoms. The van der Waals surface area contributed by atoms with Crippen LogP contribution in [-0.2, 0) is 4.74 Å². The zero-order valence-electron chi connectivity index (χ0n) is 13.5. The number of aromatic nitrogens is 2. The molecular weight excluding hydrogens is 316 g/mol. The van der Waals surface area contributed by atoms with Crippen molar-refractivity contribution in [1.29, 1.82) is 0 Å². The van der Waals surface area contributed by atoms with Crippen LogP contribution >= 0.6 is 11.6 Å². The van der Waals surface area contributed by atoms with Gasteiger partial charge in [0.1, 0.15) is 5.60 Å². The summed E-state index contributed by atoms with van der Waals surface area (Å²) in [5.41, 5.74) is 1.31. The van der Waals surface area contributed by atoms with Gasteiger partial charge < -0.3 is 10.1 Å². The summed E-state index contributed by atoms with van der Waals surface area (Å²) in [6, 6.07) is 8.89. The third-order valence-corrected chi connectivity index (χ3v) is 2.99. The highest BCUT2D eigenvalue weighted by Gasteiger charge is 2.16. The third kappa shape index (κ3) is 5.41. The Hall–Kier alpha value is -2.34. The molecule has 0 atom stereocenters. The Bertz CT molecular complexity index is 696. The number of ether oxygens (including phenoxy) is 1. The lowest BCUT2D eigenvalue weighted by Crippen LogP contribution is -2.27. The highest BCUT2D eigenvalue weighted by molar-refractivity contribution is 6.30. The lowest BCUT2D eigenvalue weighted by atomic mass is 10.2. The van der Waals surface area contributed by atoms with Gasteiger partial charge in [-0.25, -0.2) is 4.79 Å². The summed E-state index contributed by atoms with van der Waals surface area (Å²) in [4.78, 5) is 11.7. The number of halogens is 1. The van der Waals surface area contributed by atoms with Gasteiger partial charge in [-0.15, -0.1) is 10.2 Å². The molecule has 0 fully saturated rings. The predicted octanol–water partition coefficient (Wildman–Crippen LogP) is 4.53. The molecule has 0 radical (unpaired) electrons. The van der Waals surface area contributed by atoms with Crippen molar-refractivity contribution in [2.24, 2.45) is 0 Å². The fraction of sp³-hybridized carbons (Fsp3) is 0.312. The monoisotopic (exact) mass is 334 g/mol. The molecule has 122 valence electrons. The fourth-order valence-electron chi connectivity index (χ4n) is 1.74. The second-order valence-corrected chi connectivity index (χ2v) is 6.45. The van der Waals surface area contributed by atoms with Gasteiger partial charge in [0.25, 0.3) is 0 Å². The number of amides is 1. The van der Waals surface area contributed by atoms with E-state index in [-0.39, 0.29) is 0 Å². The van der Waals surface area contributed by atoms with Crippen LogP contribution in [0.25, 0.3) is 0 Å². The summed E-state index contributed by atoms with van der Waals surface area (Å²) >= 11 is 5.98. The lowest BCUT2D eigenvalue weighted by molar-refractivity contribution is 0.0635. The van der Waals surface area contributed by atoms with E-state index in [0.29, 0.717) is 16.7 Å². The minimum Gasteiger partial charge on any atom is -0.444 e. The molecule has 6 nitrogen and oxygen atoms in total. The molecule has 0 bridgehead atoms. The normalized spacial score (nSPS) is 11.0. The zero-order chi connectivity index (χ0) is 17.0. The van der Waals surface area contributed by atoms with Gasteiger partial charge >= 0.3 is 6.09 Å². The minimum absolute atomic E-state index is 0.313. The second kappa shape index (κ2) is 6.83. The van der Waals surface area contributed by atoms with E-state index in [1.54, 1.807) is 32.9 Å². The Balaban J connectivity index is 2.02. The SMILES string of the molecule is Cc1ccc(Cl)cc1Nc1ccc(NC(=O)OC(C)(C)C)nn1. The molecule has 0 unspecified atom stereocenters. The predicted molar refractivity (Wildman–Crippen MR) is 91.4 cm³/mol. The molecule has 2 N–H and O–H groups in total. The maximum absolute atomic E-state index is 11.7. The Labute approximate surface area is 140 Å². The van der Waals surface area contributed by atoms with E-state index in [4.69, 9.17) is 16.3 Å². The number of rotatable bonds is 3. The molecule has 2 aromatic rings. The Morgan fingerprint density at radius 2 is 1.78 bits per heavy atom. The number of carbonyl (C=O) groups excluding carboxylic acids is 1. The van der Waals surface area contributed by atoms with Gasteiger partial charge in [0.15, 0.2) is 11.6 Å². The van der Waals surface area contributed by atoms with E-state index in [1.807, 2.05) is 25.1 Å². The van der Waals surface area contributed by atoms with E-state index in [2.05, 4.69) is 20.8 Å². The third-order valence-electron chi connectivity index (χ3n) is 2.76. The zero-order valence-corrected chi connectivity index (χ0v) is 14.2. The van der Waals surface area contributed by atoms with Crippen LogP contribution in [0.3, 0.4) is 0 Å². The van der Waals surface area contributed by atoms with Crippen LogP contribution in [-0.4, -0.2) is 21.9 Å². The summed E-state index contributed by atoms with van der Waals surface area (Å²) in [5.74, 6) is 0.859. The smallest absolute Gasteiger partial charge is 0.413 e. The molecule has 0 aliphatic rings. The quantitative estimate of drug-likeness (QED) is 0.862. The van der Waals surface area contributed by atoms with Crippen molar-refractivity contribution in [3.05, 3.63) is 40.9 Å². The number of anilines is 3. The van der Waals surface area contributed by atoms with Gasteiger partial charge in [-0.2, -0.15) is 0 Å². The number of aryl methyl sites for hydroxylation is 1. The van der Waals surface area contributed by atoms with Crippen molar-refractivity contribution >= 4 is 35.0 Å². The van der Waals surface area contributed by atoms with Gasteiger partial charge in [-0.1, -0.05) is 17.7 Å². The Morgan fingerprint density at radius 1 is 1.13 bits per heavy atom. The number of carbonyl (C=O) groups is 1. The first-order valence-electron chi connectivity index (χ1n) is 7.10. The van der Waals surface area contributed by atoms with Crippen molar-refractivity contribution in [1.82, 2.24) is 10.2 Å².